The lowest BCUT2D eigenvalue weighted by atomic mass is 9.76. The van der Waals surface area contributed by atoms with Crippen LogP contribution in [0.5, 0.6) is 0 Å². The summed E-state index contributed by atoms with van der Waals surface area (Å²) in [5, 5.41) is 0. The Bertz CT molecular complexity index is 431. The fourth-order valence-corrected chi connectivity index (χ4v) is 4.39. The van der Waals surface area contributed by atoms with Crippen molar-refractivity contribution in [2.75, 3.05) is 12.4 Å². The molecule has 19 heavy (non-hydrogen) atoms. The predicted octanol–water partition coefficient (Wildman–Crippen LogP) is 4.86. The normalized spacial score (nSPS) is 26.3. The molecule has 2 heteroatoms. The molecule has 1 aliphatic heterocycles. The Hall–Kier alpha value is -0.470. The van der Waals surface area contributed by atoms with Crippen LogP contribution in [0.15, 0.2) is 29.2 Å². The zero-order valence-corrected chi connectivity index (χ0v) is 12.8. The highest BCUT2D eigenvalue weighted by molar-refractivity contribution is 7.99. The van der Waals surface area contributed by atoms with Gasteiger partial charge in [-0.05, 0) is 42.7 Å². The van der Waals surface area contributed by atoms with Crippen LogP contribution in [0, 0.1) is 5.41 Å². The zero-order chi connectivity index (χ0) is 13.3. The van der Waals surface area contributed by atoms with E-state index < -0.39 is 0 Å². The quantitative estimate of drug-likeness (QED) is 0.779. The first-order chi connectivity index (χ1) is 9.14. The molecule has 1 aromatic rings. The first-order valence-electron chi connectivity index (χ1n) is 7.47. The van der Waals surface area contributed by atoms with Gasteiger partial charge in [-0.15, -0.1) is 11.8 Å². The third kappa shape index (κ3) is 3.17. The molecule has 1 fully saturated rings. The topological polar surface area (TPSA) is 9.23 Å². The van der Waals surface area contributed by atoms with E-state index in [2.05, 4.69) is 38.1 Å². The van der Waals surface area contributed by atoms with Crippen LogP contribution in [0.4, 0.5) is 0 Å². The fraction of sp³-hybridized carbons (Fsp3) is 0.647. The summed E-state index contributed by atoms with van der Waals surface area (Å²) in [5.41, 5.74) is 2.04. The molecule has 1 nitrogen and oxygen atoms in total. The lowest BCUT2D eigenvalue weighted by Crippen LogP contribution is -2.27. The second-order valence-electron chi connectivity index (χ2n) is 6.74. The van der Waals surface area contributed by atoms with Crippen molar-refractivity contribution in [2.24, 2.45) is 5.41 Å². The van der Waals surface area contributed by atoms with Crippen molar-refractivity contribution in [2.45, 2.75) is 56.4 Å². The smallest absolute Gasteiger partial charge is 0.0575 e. The summed E-state index contributed by atoms with van der Waals surface area (Å²) in [7, 11) is 0. The van der Waals surface area contributed by atoms with Crippen LogP contribution in [-0.4, -0.2) is 18.5 Å². The van der Waals surface area contributed by atoms with Gasteiger partial charge in [0.25, 0.3) is 0 Å². The van der Waals surface area contributed by atoms with Gasteiger partial charge in [-0.25, -0.2) is 0 Å². The molecular formula is C17H24OS. The van der Waals surface area contributed by atoms with Gasteiger partial charge in [0.2, 0.25) is 0 Å². The van der Waals surface area contributed by atoms with Crippen molar-refractivity contribution in [1.82, 2.24) is 0 Å². The highest BCUT2D eigenvalue weighted by Gasteiger charge is 2.29. The molecule has 0 bridgehead atoms. The molecule has 1 heterocycles. The Kier molecular flexibility index (Phi) is 3.91. The molecule has 1 unspecified atom stereocenters. The monoisotopic (exact) mass is 276 g/mol. The molecule has 104 valence electrons. The average Bonchev–Trinajstić information content (AvgIpc) is 2.81. The van der Waals surface area contributed by atoms with Crippen molar-refractivity contribution in [3.05, 3.63) is 29.8 Å². The van der Waals surface area contributed by atoms with E-state index in [9.17, 15) is 0 Å². The molecule has 0 amide bonds. The van der Waals surface area contributed by atoms with Crippen LogP contribution in [-0.2, 0) is 4.74 Å². The maximum absolute atomic E-state index is 6.20. The third-order valence-electron chi connectivity index (χ3n) is 4.62. The van der Waals surface area contributed by atoms with Gasteiger partial charge in [0, 0.05) is 16.6 Å². The molecule has 3 rings (SSSR count). The summed E-state index contributed by atoms with van der Waals surface area (Å²) in [5.74, 6) is 1.80. The summed E-state index contributed by atoms with van der Waals surface area (Å²) in [6.45, 7) is 5.68. The number of rotatable bonds is 3. The van der Waals surface area contributed by atoms with E-state index in [1.165, 1.54) is 41.9 Å². The SMILES string of the molecule is CC1(C)CCC(OCC2CSc3ccccc32)CC1. The van der Waals surface area contributed by atoms with E-state index >= 15 is 0 Å². The van der Waals surface area contributed by atoms with Gasteiger partial charge < -0.3 is 4.74 Å². The number of benzene rings is 1. The standard InChI is InChI=1S/C17H24OS/c1-17(2)9-7-14(8-10-17)18-11-13-12-19-16-6-4-3-5-15(13)16/h3-6,13-14H,7-12H2,1-2H3. The second kappa shape index (κ2) is 5.49. The fourth-order valence-electron chi connectivity index (χ4n) is 3.16. The van der Waals surface area contributed by atoms with Gasteiger partial charge in [0.05, 0.1) is 12.7 Å². The summed E-state index contributed by atoms with van der Waals surface area (Å²) in [6, 6.07) is 8.80. The summed E-state index contributed by atoms with van der Waals surface area (Å²) < 4.78 is 6.20. The Morgan fingerprint density at radius 2 is 1.95 bits per heavy atom. The average molecular weight is 276 g/mol. The molecule has 0 radical (unpaired) electrons. The van der Waals surface area contributed by atoms with Gasteiger partial charge >= 0.3 is 0 Å². The third-order valence-corrected chi connectivity index (χ3v) is 5.87. The first-order valence-corrected chi connectivity index (χ1v) is 8.46. The minimum Gasteiger partial charge on any atom is -0.378 e. The van der Waals surface area contributed by atoms with Crippen LogP contribution < -0.4 is 0 Å². The van der Waals surface area contributed by atoms with Gasteiger partial charge in [0.1, 0.15) is 0 Å². The number of hydrogen-bond donors (Lipinski definition) is 0. The van der Waals surface area contributed by atoms with Crippen molar-refractivity contribution >= 4 is 11.8 Å². The Morgan fingerprint density at radius 3 is 2.74 bits per heavy atom. The Balaban J connectivity index is 1.52. The van der Waals surface area contributed by atoms with E-state index in [0.29, 0.717) is 17.4 Å². The lowest BCUT2D eigenvalue weighted by molar-refractivity contribution is -0.000192. The van der Waals surface area contributed by atoms with Gasteiger partial charge in [-0.1, -0.05) is 32.0 Å². The maximum Gasteiger partial charge on any atom is 0.0575 e. The van der Waals surface area contributed by atoms with Crippen LogP contribution in [0.2, 0.25) is 0 Å². The van der Waals surface area contributed by atoms with Gasteiger partial charge in [-0.2, -0.15) is 0 Å². The summed E-state index contributed by atoms with van der Waals surface area (Å²) in [4.78, 5) is 1.46. The van der Waals surface area contributed by atoms with Crippen molar-refractivity contribution in [3.63, 3.8) is 0 Å². The second-order valence-corrected chi connectivity index (χ2v) is 7.80. The van der Waals surface area contributed by atoms with E-state index in [-0.39, 0.29) is 0 Å². The Morgan fingerprint density at radius 1 is 1.21 bits per heavy atom. The van der Waals surface area contributed by atoms with Crippen LogP contribution >= 0.6 is 11.8 Å². The molecule has 2 aliphatic rings. The molecule has 0 saturated heterocycles. The van der Waals surface area contributed by atoms with E-state index in [1.807, 2.05) is 11.8 Å². The highest BCUT2D eigenvalue weighted by atomic mass is 32.2. The van der Waals surface area contributed by atoms with E-state index in [0.717, 1.165) is 6.61 Å². The molecule has 1 aliphatic carbocycles. The summed E-state index contributed by atoms with van der Waals surface area (Å²) >= 11 is 1.98. The maximum atomic E-state index is 6.20. The van der Waals surface area contributed by atoms with Gasteiger partial charge in [0.15, 0.2) is 0 Å². The Labute approximate surface area is 121 Å². The van der Waals surface area contributed by atoms with Crippen LogP contribution in [0.3, 0.4) is 0 Å². The number of ether oxygens (including phenoxy) is 1. The first kappa shape index (κ1) is 13.5. The number of hydrogen-bond acceptors (Lipinski definition) is 2. The molecular weight excluding hydrogens is 252 g/mol. The molecule has 0 spiro atoms. The molecule has 1 saturated carbocycles. The van der Waals surface area contributed by atoms with Crippen molar-refractivity contribution < 1.29 is 4.74 Å². The van der Waals surface area contributed by atoms with E-state index in [4.69, 9.17) is 4.74 Å². The van der Waals surface area contributed by atoms with Gasteiger partial charge in [-0.3, -0.25) is 0 Å². The number of thioether (sulfide) groups is 1. The largest absolute Gasteiger partial charge is 0.378 e. The molecule has 1 atom stereocenters. The van der Waals surface area contributed by atoms with E-state index in [1.54, 1.807) is 0 Å². The predicted molar refractivity (Wildman–Crippen MR) is 81.9 cm³/mol. The molecule has 0 N–H and O–H groups in total. The zero-order valence-electron chi connectivity index (χ0n) is 12.0. The minimum atomic E-state index is 0.505. The molecule has 0 aromatic heterocycles. The highest BCUT2D eigenvalue weighted by Crippen LogP contribution is 2.41. The minimum absolute atomic E-state index is 0.505. The summed E-state index contributed by atoms with van der Waals surface area (Å²) in [6.07, 6.45) is 5.62. The van der Waals surface area contributed by atoms with Crippen LogP contribution in [0.25, 0.3) is 0 Å². The lowest BCUT2D eigenvalue weighted by Gasteiger charge is -2.34. The molecule has 1 aromatic carbocycles. The van der Waals surface area contributed by atoms with Crippen LogP contribution in [0.1, 0.15) is 51.0 Å². The van der Waals surface area contributed by atoms with Crippen molar-refractivity contribution in [1.29, 1.82) is 0 Å². The van der Waals surface area contributed by atoms with Crippen molar-refractivity contribution in [3.8, 4) is 0 Å². The number of fused-ring (bicyclic) bond motifs is 1.